The van der Waals surface area contributed by atoms with Crippen molar-refractivity contribution in [2.75, 3.05) is 0 Å². The van der Waals surface area contributed by atoms with Crippen molar-refractivity contribution in [1.82, 2.24) is 0 Å². The summed E-state index contributed by atoms with van der Waals surface area (Å²) in [6.45, 7) is 4.61. The molecule has 4 saturated carbocycles. The number of hydrogen-bond donors (Lipinski definition) is 0. The number of aldehydes is 1. The molecule has 1 spiro atoms. The molecule has 0 aliphatic heterocycles. The first-order valence-electron chi connectivity index (χ1n) is 8.11. The molecule has 0 saturated heterocycles. The van der Waals surface area contributed by atoms with Crippen molar-refractivity contribution >= 4 is 12.1 Å². The third kappa shape index (κ3) is 1.31. The van der Waals surface area contributed by atoms with Gasteiger partial charge in [-0.3, -0.25) is 4.79 Å². The molecule has 5 aliphatic rings. The molecule has 0 radical (unpaired) electrons. The van der Waals surface area contributed by atoms with Crippen molar-refractivity contribution in [3.8, 4) is 0 Å². The second kappa shape index (κ2) is 3.64. The molecule has 0 unspecified atom stereocenters. The summed E-state index contributed by atoms with van der Waals surface area (Å²) in [5.74, 6) is 2.34. The third-order valence-electron chi connectivity index (χ3n) is 7.35. The smallest absolute Gasteiger partial charge is 0.161 e. The van der Waals surface area contributed by atoms with E-state index in [1.54, 1.807) is 0 Å². The first-order chi connectivity index (χ1) is 9.44. The summed E-state index contributed by atoms with van der Waals surface area (Å²) in [6.07, 6.45) is 11.6. The average Bonchev–Trinajstić information content (AvgIpc) is 2.75. The Bertz CT molecular complexity index is 522. The minimum absolute atomic E-state index is 0.270. The normalized spacial score (nSPS) is 55.3. The van der Waals surface area contributed by atoms with E-state index in [-0.39, 0.29) is 16.6 Å². The molecule has 0 aromatic heterocycles. The number of rotatable bonds is 3. The van der Waals surface area contributed by atoms with Crippen LogP contribution in [0.3, 0.4) is 0 Å². The Morgan fingerprint density at radius 1 is 1.35 bits per heavy atom. The van der Waals surface area contributed by atoms with Gasteiger partial charge >= 0.3 is 0 Å². The molecule has 5 rings (SSSR count). The van der Waals surface area contributed by atoms with Gasteiger partial charge in [0.05, 0.1) is 0 Å². The van der Waals surface area contributed by atoms with Gasteiger partial charge in [0.2, 0.25) is 0 Å². The Kier molecular flexibility index (Phi) is 2.33. The number of hydrogen-bond acceptors (Lipinski definition) is 2. The lowest BCUT2D eigenvalue weighted by molar-refractivity contribution is -0.137. The zero-order chi connectivity index (χ0) is 14.2. The number of ketones is 1. The summed E-state index contributed by atoms with van der Waals surface area (Å²) in [4.78, 5) is 23.4. The molecule has 0 amide bonds. The van der Waals surface area contributed by atoms with Gasteiger partial charge in [-0.2, -0.15) is 0 Å². The van der Waals surface area contributed by atoms with Crippen LogP contribution in [0.1, 0.15) is 52.4 Å². The van der Waals surface area contributed by atoms with E-state index in [9.17, 15) is 9.59 Å². The maximum absolute atomic E-state index is 12.6. The maximum atomic E-state index is 12.6. The lowest BCUT2D eigenvalue weighted by Crippen LogP contribution is -2.53. The predicted octanol–water partition coefficient (Wildman–Crippen LogP) is 3.55. The van der Waals surface area contributed by atoms with Gasteiger partial charge in [0, 0.05) is 11.8 Å². The lowest BCUT2D eigenvalue weighted by Gasteiger charge is -2.55. The fourth-order valence-corrected chi connectivity index (χ4v) is 6.90. The zero-order valence-corrected chi connectivity index (χ0v) is 12.5. The van der Waals surface area contributed by atoms with E-state index in [1.165, 1.54) is 25.7 Å². The minimum Gasteiger partial charge on any atom is -0.303 e. The molecule has 4 fully saturated rings. The number of carbonyl (C=O) groups is 2. The van der Waals surface area contributed by atoms with Crippen molar-refractivity contribution in [2.45, 2.75) is 52.4 Å². The highest BCUT2D eigenvalue weighted by Gasteiger charge is 2.70. The molecule has 0 heterocycles. The number of carbonyl (C=O) groups excluding carboxylic acids is 2. The SMILES string of the molecule is C[C@@]12C[C@H]3C[C@@H]1C[C@@]1(C=CC(=O)[C@@](C)(CCC=O)[C@H]31)C2. The monoisotopic (exact) mass is 272 g/mol. The van der Waals surface area contributed by atoms with Crippen LogP contribution >= 0.6 is 0 Å². The molecule has 6 atom stereocenters. The maximum Gasteiger partial charge on any atom is 0.161 e. The summed E-state index contributed by atoms with van der Waals surface area (Å²) in [5, 5.41) is 0. The van der Waals surface area contributed by atoms with Crippen LogP contribution in [0, 0.1) is 34.0 Å². The van der Waals surface area contributed by atoms with Crippen LogP contribution < -0.4 is 0 Å². The highest BCUT2D eigenvalue weighted by molar-refractivity contribution is 5.96. The second-order valence-electron chi connectivity index (χ2n) is 8.46. The summed E-state index contributed by atoms with van der Waals surface area (Å²) in [5.41, 5.74) is 0.501. The topological polar surface area (TPSA) is 34.1 Å². The highest BCUT2D eigenvalue weighted by Crippen LogP contribution is 2.76. The first-order valence-corrected chi connectivity index (χ1v) is 8.11. The number of allylic oxidation sites excluding steroid dienone is 2. The van der Waals surface area contributed by atoms with Crippen LogP contribution in [-0.4, -0.2) is 12.1 Å². The van der Waals surface area contributed by atoms with Crippen molar-refractivity contribution in [1.29, 1.82) is 0 Å². The lowest BCUT2D eigenvalue weighted by atomic mass is 9.47. The Labute approximate surface area is 121 Å². The quantitative estimate of drug-likeness (QED) is 0.736. The van der Waals surface area contributed by atoms with Gasteiger partial charge in [-0.05, 0) is 66.8 Å². The van der Waals surface area contributed by atoms with Gasteiger partial charge in [-0.1, -0.05) is 19.9 Å². The van der Waals surface area contributed by atoms with Crippen LogP contribution in [-0.2, 0) is 9.59 Å². The van der Waals surface area contributed by atoms with Gasteiger partial charge in [-0.15, -0.1) is 0 Å². The van der Waals surface area contributed by atoms with E-state index < -0.39 is 0 Å². The van der Waals surface area contributed by atoms with E-state index in [4.69, 9.17) is 0 Å². The molecule has 0 N–H and O–H groups in total. The van der Waals surface area contributed by atoms with Crippen LogP contribution in [0.25, 0.3) is 0 Å². The van der Waals surface area contributed by atoms with Gasteiger partial charge in [0.25, 0.3) is 0 Å². The van der Waals surface area contributed by atoms with Crippen LogP contribution in [0.4, 0.5) is 0 Å². The molecule has 5 aliphatic carbocycles. The summed E-state index contributed by atoms with van der Waals surface area (Å²) >= 11 is 0. The third-order valence-corrected chi connectivity index (χ3v) is 7.35. The van der Waals surface area contributed by atoms with Crippen LogP contribution in [0.5, 0.6) is 0 Å². The molecular formula is C18H24O2. The second-order valence-corrected chi connectivity index (χ2v) is 8.46. The fourth-order valence-electron chi connectivity index (χ4n) is 6.90. The highest BCUT2D eigenvalue weighted by atomic mass is 16.1. The Morgan fingerprint density at radius 2 is 2.15 bits per heavy atom. The molecule has 0 aromatic rings. The van der Waals surface area contributed by atoms with E-state index in [1.807, 2.05) is 6.08 Å². The Balaban J connectivity index is 1.80. The standard InChI is InChI=1S/C18H24O2/c1-16-9-12-8-13(16)10-18(11-16)6-4-14(20)17(2,15(12)18)5-3-7-19/h4,6-7,12-13,15H,3,5,8-11H2,1-2H3/t12-,13-,15+,16+,17-,18+/m1/s1. The van der Waals surface area contributed by atoms with E-state index in [0.29, 0.717) is 23.7 Å². The Morgan fingerprint density at radius 3 is 2.85 bits per heavy atom. The molecule has 4 bridgehead atoms. The van der Waals surface area contributed by atoms with Gasteiger partial charge in [-0.25, -0.2) is 0 Å². The molecule has 2 heteroatoms. The minimum atomic E-state index is -0.295. The predicted molar refractivity (Wildman–Crippen MR) is 77.0 cm³/mol. The summed E-state index contributed by atoms with van der Waals surface area (Å²) < 4.78 is 0. The van der Waals surface area contributed by atoms with Crippen molar-refractivity contribution in [2.24, 2.45) is 34.0 Å². The largest absolute Gasteiger partial charge is 0.303 e. The van der Waals surface area contributed by atoms with E-state index in [2.05, 4.69) is 19.9 Å². The van der Waals surface area contributed by atoms with E-state index in [0.717, 1.165) is 18.6 Å². The summed E-state index contributed by atoms with van der Waals surface area (Å²) in [6, 6.07) is 0. The van der Waals surface area contributed by atoms with Crippen molar-refractivity contribution < 1.29 is 9.59 Å². The first kappa shape index (κ1) is 12.8. The van der Waals surface area contributed by atoms with Crippen molar-refractivity contribution in [3.63, 3.8) is 0 Å². The van der Waals surface area contributed by atoms with Crippen LogP contribution in [0.2, 0.25) is 0 Å². The molecule has 108 valence electrons. The molecule has 20 heavy (non-hydrogen) atoms. The fraction of sp³-hybridized carbons (Fsp3) is 0.778. The molecular weight excluding hydrogens is 248 g/mol. The van der Waals surface area contributed by atoms with Gasteiger partial charge in [0.15, 0.2) is 5.78 Å². The van der Waals surface area contributed by atoms with Crippen LogP contribution in [0.15, 0.2) is 12.2 Å². The average molecular weight is 272 g/mol. The zero-order valence-electron chi connectivity index (χ0n) is 12.5. The van der Waals surface area contributed by atoms with Crippen molar-refractivity contribution in [3.05, 3.63) is 12.2 Å². The van der Waals surface area contributed by atoms with Gasteiger partial charge < -0.3 is 4.79 Å². The molecule has 0 aromatic carbocycles. The van der Waals surface area contributed by atoms with Gasteiger partial charge in [0.1, 0.15) is 6.29 Å². The summed E-state index contributed by atoms with van der Waals surface area (Å²) in [7, 11) is 0. The van der Waals surface area contributed by atoms with E-state index >= 15 is 0 Å². The molecule has 2 nitrogen and oxygen atoms in total. The Hall–Kier alpha value is -0.920.